The summed E-state index contributed by atoms with van der Waals surface area (Å²) in [5.41, 5.74) is 0.386. The van der Waals surface area contributed by atoms with Gasteiger partial charge in [0, 0.05) is 41.6 Å². The summed E-state index contributed by atoms with van der Waals surface area (Å²) in [4.78, 5) is 3.92. The number of hydrogen-bond donors (Lipinski definition) is 1. The second-order valence-electron chi connectivity index (χ2n) is 6.07. The molecule has 0 spiro atoms. The molecule has 1 saturated carbocycles. The maximum absolute atomic E-state index is 13.7. The third-order valence-electron chi connectivity index (χ3n) is 3.94. The predicted molar refractivity (Wildman–Crippen MR) is 81.5 cm³/mol. The van der Waals surface area contributed by atoms with Crippen LogP contribution in [0.5, 0.6) is 0 Å². The molecule has 4 nitrogen and oxygen atoms in total. The molecule has 1 N–H and O–H groups in total. The fourth-order valence-electron chi connectivity index (χ4n) is 2.72. The minimum Gasteiger partial charge on any atom is -0.384 e. The van der Waals surface area contributed by atoms with Crippen LogP contribution >= 0.6 is 0 Å². The highest BCUT2D eigenvalue weighted by molar-refractivity contribution is 7.90. The van der Waals surface area contributed by atoms with E-state index in [1.54, 1.807) is 6.07 Å². The lowest BCUT2D eigenvalue weighted by Gasteiger charge is -2.17. The van der Waals surface area contributed by atoms with Crippen molar-refractivity contribution < 1.29 is 17.2 Å². The minimum atomic E-state index is -3.05. The van der Waals surface area contributed by atoms with Gasteiger partial charge in [-0.2, -0.15) is 0 Å². The maximum Gasteiger partial charge on any atom is 0.152 e. The van der Waals surface area contributed by atoms with Gasteiger partial charge in [0.1, 0.15) is 21.2 Å². The largest absolute Gasteiger partial charge is 0.384 e. The van der Waals surface area contributed by atoms with Crippen molar-refractivity contribution in [2.45, 2.75) is 12.8 Å². The van der Waals surface area contributed by atoms with Crippen molar-refractivity contribution in [2.75, 3.05) is 23.9 Å². The molecule has 0 aliphatic heterocycles. The van der Waals surface area contributed by atoms with E-state index in [4.69, 9.17) is 0 Å². The number of fused-ring (bicyclic) bond motifs is 1. The maximum atomic E-state index is 13.7. The number of rotatable bonds is 5. The van der Waals surface area contributed by atoms with E-state index in [0.29, 0.717) is 17.6 Å². The quantitative estimate of drug-likeness (QED) is 0.918. The van der Waals surface area contributed by atoms with Crippen molar-refractivity contribution in [3.05, 3.63) is 36.0 Å². The van der Waals surface area contributed by atoms with Crippen molar-refractivity contribution in [1.82, 2.24) is 4.98 Å². The van der Waals surface area contributed by atoms with Crippen LogP contribution in [0.25, 0.3) is 10.9 Å². The van der Waals surface area contributed by atoms with Gasteiger partial charge in [0.2, 0.25) is 0 Å². The zero-order valence-corrected chi connectivity index (χ0v) is 12.9. The number of hydrogen-bond acceptors (Lipinski definition) is 4. The molecule has 0 unspecified atom stereocenters. The van der Waals surface area contributed by atoms with Crippen molar-refractivity contribution in [1.29, 1.82) is 0 Å². The van der Waals surface area contributed by atoms with Gasteiger partial charge in [0.25, 0.3) is 0 Å². The van der Waals surface area contributed by atoms with Crippen LogP contribution in [0.1, 0.15) is 12.8 Å². The van der Waals surface area contributed by atoms with E-state index in [9.17, 15) is 17.2 Å². The molecule has 118 valence electrons. The number of halogens is 2. The van der Waals surface area contributed by atoms with Crippen molar-refractivity contribution in [2.24, 2.45) is 5.41 Å². The standard InChI is InChI=1S/C15H16F2N2O2S/c1-22(20,21)9-15(3-4-15)8-19-13-2-5-18-14-11(13)6-10(16)7-12(14)17/h2,5-7H,3-4,8-9H2,1H3,(H,18,19). The molecule has 1 aliphatic rings. The lowest BCUT2D eigenvalue weighted by atomic mass is 10.1. The average molecular weight is 326 g/mol. The Balaban J connectivity index is 1.86. The van der Waals surface area contributed by atoms with Crippen LogP contribution in [0.4, 0.5) is 14.5 Å². The van der Waals surface area contributed by atoms with Crippen LogP contribution in [-0.4, -0.2) is 32.0 Å². The lowest BCUT2D eigenvalue weighted by molar-refractivity contribution is 0.561. The average Bonchev–Trinajstić information content (AvgIpc) is 3.14. The highest BCUT2D eigenvalue weighted by atomic mass is 32.2. The Hall–Kier alpha value is -1.76. The molecule has 3 rings (SSSR count). The van der Waals surface area contributed by atoms with E-state index in [1.807, 2.05) is 0 Å². The third-order valence-corrected chi connectivity index (χ3v) is 5.08. The van der Waals surface area contributed by atoms with Crippen molar-refractivity contribution >= 4 is 26.4 Å². The zero-order chi connectivity index (χ0) is 16.0. The summed E-state index contributed by atoms with van der Waals surface area (Å²) in [7, 11) is -3.05. The molecule has 1 aliphatic carbocycles. The Bertz CT molecular complexity index is 833. The molecule has 22 heavy (non-hydrogen) atoms. The van der Waals surface area contributed by atoms with Gasteiger partial charge in [-0.15, -0.1) is 0 Å². The second-order valence-corrected chi connectivity index (χ2v) is 8.21. The number of benzene rings is 1. The van der Waals surface area contributed by atoms with Crippen LogP contribution in [0.2, 0.25) is 0 Å². The predicted octanol–water partition coefficient (Wildman–Crippen LogP) is 2.75. The molecule has 1 aromatic carbocycles. The molecule has 1 aromatic heterocycles. The van der Waals surface area contributed by atoms with Gasteiger partial charge in [-0.3, -0.25) is 4.98 Å². The zero-order valence-electron chi connectivity index (χ0n) is 12.1. The fraction of sp³-hybridized carbons (Fsp3) is 0.400. The minimum absolute atomic E-state index is 0.0966. The summed E-state index contributed by atoms with van der Waals surface area (Å²) in [6.07, 6.45) is 4.33. The van der Waals surface area contributed by atoms with E-state index in [1.165, 1.54) is 18.5 Å². The molecule has 0 saturated heterocycles. The molecular weight excluding hydrogens is 310 g/mol. The SMILES string of the molecule is CS(=O)(=O)CC1(CNc2ccnc3c(F)cc(F)cc23)CC1. The summed E-state index contributed by atoms with van der Waals surface area (Å²) in [6.45, 7) is 0.456. The Labute approximate surface area is 127 Å². The van der Waals surface area contributed by atoms with Gasteiger partial charge in [-0.1, -0.05) is 0 Å². The lowest BCUT2D eigenvalue weighted by Crippen LogP contribution is -2.24. The van der Waals surface area contributed by atoms with Crippen molar-refractivity contribution in [3.8, 4) is 0 Å². The van der Waals surface area contributed by atoms with Gasteiger partial charge in [0.05, 0.1) is 5.75 Å². The topological polar surface area (TPSA) is 59.1 Å². The van der Waals surface area contributed by atoms with E-state index in [2.05, 4.69) is 10.3 Å². The molecule has 0 radical (unpaired) electrons. The van der Waals surface area contributed by atoms with E-state index < -0.39 is 21.5 Å². The molecule has 0 bridgehead atoms. The third kappa shape index (κ3) is 3.19. The molecule has 7 heteroatoms. The van der Waals surface area contributed by atoms with Gasteiger partial charge < -0.3 is 5.32 Å². The van der Waals surface area contributed by atoms with Gasteiger partial charge in [-0.05, 0) is 25.0 Å². The number of nitrogens with one attached hydrogen (secondary N) is 1. The van der Waals surface area contributed by atoms with E-state index in [0.717, 1.165) is 18.9 Å². The Morgan fingerprint density at radius 3 is 2.68 bits per heavy atom. The number of nitrogens with zero attached hydrogens (tertiary/aromatic N) is 1. The highest BCUT2D eigenvalue weighted by Gasteiger charge is 2.45. The first-order chi connectivity index (χ1) is 10.3. The first-order valence-electron chi connectivity index (χ1n) is 6.93. The summed E-state index contributed by atoms with van der Waals surface area (Å²) in [5.74, 6) is -1.26. The molecule has 2 aromatic rings. The smallest absolute Gasteiger partial charge is 0.152 e. The van der Waals surface area contributed by atoms with Crippen LogP contribution in [-0.2, 0) is 9.84 Å². The van der Waals surface area contributed by atoms with Gasteiger partial charge in [0.15, 0.2) is 5.82 Å². The Kier molecular flexibility index (Phi) is 3.55. The normalized spacial score (nSPS) is 16.7. The number of aromatic nitrogens is 1. The second kappa shape index (κ2) is 5.15. The monoisotopic (exact) mass is 326 g/mol. The summed E-state index contributed by atoms with van der Waals surface area (Å²) in [5, 5.41) is 3.49. The number of anilines is 1. The highest BCUT2D eigenvalue weighted by Crippen LogP contribution is 2.46. The number of sulfone groups is 1. The Morgan fingerprint density at radius 2 is 2.05 bits per heavy atom. The first-order valence-corrected chi connectivity index (χ1v) is 9.00. The Morgan fingerprint density at radius 1 is 1.32 bits per heavy atom. The molecule has 0 amide bonds. The van der Waals surface area contributed by atoms with E-state index >= 15 is 0 Å². The summed E-state index contributed by atoms with van der Waals surface area (Å²) < 4.78 is 50.1. The number of pyridine rings is 1. The van der Waals surface area contributed by atoms with Crippen LogP contribution in [0.3, 0.4) is 0 Å². The molecule has 1 fully saturated rings. The molecule has 0 atom stereocenters. The van der Waals surface area contributed by atoms with Crippen LogP contribution < -0.4 is 5.32 Å². The molecular formula is C15H16F2N2O2S. The molecule has 1 heterocycles. The summed E-state index contributed by atoms with van der Waals surface area (Å²) in [6, 6.07) is 3.66. The first kappa shape index (κ1) is 15.1. The fourth-order valence-corrected chi connectivity index (χ4v) is 4.22. The van der Waals surface area contributed by atoms with Crippen LogP contribution in [0.15, 0.2) is 24.4 Å². The van der Waals surface area contributed by atoms with Gasteiger partial charge in [-0.25, -0.2) is 17.2 Å². The van der Waals surface area contributed by atoms with Gasteiger partial charge >= 0.3 is 0 Å². The van der Waals surface area contributed by atoms with Crippen molar-refractivity contribution in [3.63, 3.8) is 0 Å². The van der Waals surface area contributed by atoms with E-state index in [-0.39, 0.29) is 16.7 Å². The summed E-state index contributed by atoms with van der Waals surface area (Å²) >= 11 is 0. The van der Waals surface area contributed by atoms with Crippen LogP contribution in [0, 0.1) is 17.0 Å².